The van der Waals surface area contributed by atoms with Gasteiger partial charge in [0.05, 0.1) is 11.1 Å². The van der Waals surface area contributed by atoms with E-state index in [0.29, 0.717) is 6.20 Å². The Morgan fingerprint density at radius 2 is 2.33 bits per heavy atom. The van der Waals surface area contributed by atoms with Crippen LogP contribution < -0.4 is 5.73 Å². The van der Waals surface area contributed by atoms with Crippen molar-refractivity contribution < 1.29 is 9.31 Å². The second-order valence-electron chi connectivity index (χ2n) is 1.92. The molecule has 0 saturated carbocycles. The van der Waals surface area contributed by atoms with Gasteiger partial charge in [-0.3, -0.25) is 10.1 Å². The molecule has 0 unspecified atom stereocenters. The van der Waals surface area contributed by atoms with Crippen molar-refractivity contribution in [1.82, 2.24) is 4.98 Å². The standard InChI is InChI=1S/C5H3ClFN3O2/c6-5-3(8)4(10(11)12)2(7)1-9-5/h1H,8H2. The van der Waals surface area contributed by atoms with E-state index in [9.17, 15) is 14.5 Å². The van der Waals surface area contributed by atoms with Gasteiger partial charge in [-0.25, -0.2) is 4.98 Å². The SMILES string of the molecule is Nc1c(Cl)ncc(F)c1[N+](=O)[O-]. The molecule has 5 nitrogen and oxygen atoms in total. The summed E-state index contributed by atoms with van der Waals surface area (Å²) < 4.78 is 12.6. The zero-order valence-electron chi connectivity index (χ0n) is 5.62. The summed E-state index contributed by atoms with van der Waals surface area (Å²) in [6.07, 6.45) is 0.650. The van der Waals surface area contributed by atoms with Gasteiger partial charge in [0.2, 0.25) is 5.82 Å². The Bertz CT molecular complexity index is 344. The normalized spacial score (nSPS) is 9.83. The van der Waals surface area contributed by atoms with Crippen LogP contribution in [0.1, 0.15) is 0 Å². The van der Waals surface area contributed by atoms with E-state index in [4.69, 9.17) is 17.3 Å². The van der Waals surface area contributed by atoms with Gasteiger partial charge in [0, 0.05) is 0 Å². The zero-order valence-corrected chi connectivity index (χ0v) is 6.38. The molecule has 1 rings (SSSR count). The summed E-state index contributed by atoms with van der Waals surface area (Å²) >= 11 is 5.32. The van der Waals surface area contributed by atoms with Crippen LogP contribution in [0.3, 0.4) is 0 Å². The van der Waals surface area contributed by atoms with Crippen LogP contribution in [-0.4, -0.2) is 9.91 Å². The second kappa shape index (κ2) is 2.90. The van der Waals surface area contributed by atoms with Crippen LogP contribution in [0, 0.1) is 15.9 Å². The molecule has 1 aromatic heterocycles. The van der Waals surface area contributed by atoms with Crippen LogP contribution in [0.4, 0.5) is 15.8 Å². The summed E-state index contributed by atoms with van der Waals surface area (Å²) in [6, 6.07) is 0. The monoisotopic (exact) mass is 191 g/mol. The number of hydrogen-bond donors (Lipinski definition) is 1. The van der Waals surface area contributed by atoms with Gasteiger partial charge >= 0.3 is 5.69 Å². The number of nitro groups is 1. The first-order chi connectivity index (χ1) is 5.54. The van der Waals surface area contributed by atoms with Crippen molar-refractivity contribution >= 4 is 23.0 Å². The highest BCUT2D eigenvalue weighted by Crippen LogP contribution is 2.29. The van der Waals surface area contributed by atoms with Crippen molar-refractivity contribution in [2.45, 2.75) is 0 Å². The van der Waals surface area contributed by atoms with Crippen LogP contribution in [-0.2, 0) is 0 Å². The number of nitrogens with zero attached hydrogens (tertiary/aromatic N) is 2. The van der Waals surface area contributed by atoms with Gasteiger partial charge < -0.3 is 5.73 Å². The third kappa shape index (κ3) is 1.28. The van der Waals surface area contributed by atoms with Gasteiger partial charge in [-0.05, 0) is 0 Å². The van der Waals surface area contributed by atoms with E-state index >= 15 is 0 Å². The molecule has 0 aromatic carbocycles. The van der Waals surface area contributed by atoms with Crippen molar-refractivity contribution in [2.24, 2.45) is 0 Å². The molecule has 0 atom stereocenters. The highest BCUT2D eigenvalue weighted by atomic mass is 35.5. The Morgan fingerprint density at radius 1 is 1.75 bits per heavy atom. The fourth-order valence-electron chi connectivity index (χ4n) is 0.656. The van der Waals surface area contributed by atoms with Gasteiger partial charge in [-0.2, -0.15) is 4.39 Å². The van der Waals surface area contributed by atoms with Crippen molar-refractivity contribution in [2.75, 3.05) is 5.73 Å². The zero-order chi connectivity index (χ0) is 9.30. The Hall–Kier alpha value is -1.43. The summed E-state index contributed by atoms with van der Waals surface area (Å²) in [5.74, 6) is -1.10. The summed E-state index contributed by atoms with van der Waals surface area (Å²) in [4.78, 5) is 12.5. The maximum Gasteiger partial charge on any atom is 0.332 e. The molecule has 12 heavy (non-hydrogen) atoms. The molecule has 1 aromatic rings. The lowest BCUT2D eigenvalue weighted by molar-refractivity contribution is -0.386. The highest BCUT2D eigenvalue weighted by molar-refractivity contribution is 6.32. The molecule has 0 aliphatic heterocycles. The van der Waals surface area contributed by atoms with Gasteiger partial charge in [-0.15, -0.1) is 0 Å². The smallest absolute Gasteiger partial charge is 0.332 e. The van der Waals surface area contributed by atoms with Crippen LogP contribution in [0.5, 0.6) is 0 Å². The lowest BCUT2D eigenvalue weighted by Gasteiger charge is -1.98. The largest absolute Gasteiger partial charge is 0.391 e. The lowest BCUT2D eigenvalue weighted by atomic mass is 10.3. The van der Waals surface area contributed by atoms with Crippen molar-refractivity contribution in [3.8, 4) is 0 Å². The van der Waals surface area contributed by atoms with Crippen LogP contribution >= 0.6 is 11.6 Å². The van der Waals surface area contributed by atoms with Gasteiger partial charge in [0.25, 0.3) is 0 Å². The first kappa shape index (κ1) is 8.66. The topological polar surface area (TPSA) is 82.0 Å². The lowest BCUT2D eigenvalue weighted by Crippen LogP contribution is -2.00. The van der Waals surface area contributed by atoms with E-state index < -0.39 is 22.1 Å². The molecule has 0 amide bonds. The van der Waals surface area contributed by atoms with Crippen molar-refractivity contribution in [3.63, 3.8) is 0 Å². The van der Waals surface area contributed by atoms with E-state index in [1.165, 1.54) is 0 Å². The Morgan fingerprint density at radius 3 is 2.75 bits per heavy atom. The van der Waals surface area contributed by atoms with E-state index in [1.807, 2.05) is 0 Å². The Labute approximate surface area is 71.1 Å². The average Bonchev–Trinajstić information content (AvgIpc) is 1.97. The second-order valence-corrected chi connectivity index (χ2v) is 2.27. The number of anilines is 1. The molecule has 64 valence electrons. The molecular weight excluding hydrogens is 189 g/mol. The van der Waals surface area contributed by atoms with E-state index in [0.717, 1.165) is 0 Å². The minimum Gasteiger partial charge on any atom is -0.391 e. The molecule has 7 heteroatoms. The summed E-state index contributed by atoms with van der Waals surface area (Å²) in [6.45, 7) is 0. The molecule has 0 aliphatic rings. The average molecular weight is 192 g/mol. The molecule has 1 heterocycles. The molecule has 0 aliphatic carbocycles. The maximum absolute atomic E-state index is 12.6. The number of halogens is 2. The maximum atomic E-state index is 12.6. The predicted octanol–water partition coefficient (Wildman–Crippen LogP) is 1.36. The fraction of sp³-hybridized carbons (Fsp3) is 0. The minimum atomic E-state index is -1.10. The summed E-state index contributed by atoms with van der Waals surface area (Å²) in [5.41, 5.74) is 3.81. The third-order valence-corrected chi connectivity index (χ3v) is 1.48. The van der Waals surface area contributed by atoms with Gasteiger partial charge in [0.1, 0.15) is 0 Å². The van der Waals surface area contributed by atoms with Gasteiger partial charge in [-0.1, -0.05) is 11.6 Å². The molecule has 0 radical (unpaired) electrons. The number of nitrogen functional groups attached to an aromatic ring is 1. The first-order valence-electron chi connectivity index (χ1n) is 2.78. The van der Waals surface area contributed by atoms with E-state index in [1.54, 1.807) is 0 Å². The number of pyridine rings is 1. The number of nitrogens with two attached hydrogens (primary N) is 1. The quantitative estimate of drug-likeness (QED) is 0.413. The van der Waals surface area contributed by atoms with Crippen LogP contribution in [0.2, 0.25) is 5.15 Å². The molecule has 0 spiro atoms. The molecular formula is C5H3ClFN3O2. The van der Waals surface area contributed by atoms with Crippen molar-refractivity contribution in [3.05, 3.63) is 27.3 Å². The number of hydrogen-bond acceptors (Lipinski definition) is 4. The number of aromatic nitrogens is 1. The van der Waals surface area contributed by atoms with Crippen molar-refractivity contribution in [1.29, 1.82) is 0 Å². The third-order valence-electron chi connectivity index (χ3n) is 1.18. The molecule has 2 N–H and O–H groups in total. The Balaban J connectivity index is 3.43. The number of rotatable bonds is 1. The Kier molecular flexibility index (Phi) is 2.09. The predicted molar refractivity (Wildman–Crippen MR) is 40.3 cm³/mol. The fourth-order valence-corrected chi connectivity index (χ4v) is 0.794. The van der Waals surface area contributed by atoms with Crippen LogP contribution in [0.25, 0.3) is 0 Å². The molecule has 0 fully saturated rings. The summed E-state index contributed by atoms with van der Waals surface area (Å²) in [7, 11) is 0. The van der Waals surface area contributed by atoms with E-state index in [-0.39, 0.29) is 5.15 Å². The van der Waals surface area contributed by atoms with Crippen LogP contribution in [0.15, 0.2) is 6.20 Å². The highest BCUT2D eigenvalue weighted by Gasteiger charge is 2.21. The first-order valence-corrected chi connectivity index (χ1v) is 3.15. The minimum absolute atomic E-state index is 0.275. The molecule has 0 bridgehead atoms. The molecule has 0 saturated heterocycles. The van der Waals surface area contributed by atoms with E-state index in [2.05, 4.69) is 4.98 Å². The summed E-state index contributed by atoms with van der Waals surface area (Å²) in [5, 5.41) is 9.92. The van der Waals surface area contributed by atoms with Gasteiger partial charge in [0.15, 0.2) is 10.8 Å².